The summed E-state index contributed by atoms with van der Waals surface area (Å²) in [5, 5.41) is 3.15. The molecule has 1 aliphatic heterocycles. The Bertz CT molecular complexity index is 873. The molecule has 1 N–H and O–H groups in total. The van der Waals surface area contributed by atoms with Crippen molar-refractivity contribution in [2.75, 3.05) is 12.0 Å². The Morgan fingerprint density at radius 1 is 1.27 bits per heavy atom. The molecular weight excluding hydrogens is 358 g/mol. The number of anilines is 1. The second-order valence-corrected chi connectivity index (χ2v) is 6.40. The molecule has 0 bridgehead atoms. The second-order valence-electron chi connectivity index (χ2n) is 5.99. The monoisotopic (exact) mass is 375 g/mol. The van der Waals surface area contributed by atoms with Gasteiger partial charge in [-0.15, -0.1) is 0 Å². The largest absolute Gasteiger partial charge is 0.495 e. The number of urea groups is 1. The van der Waals surface area contributed by atoms with Gasteiger partial charge in [0.2, 0.25) is 5.88 Å². The normalized spacial score (nSPS) is 19.5. The highest BCUT2D eigenvalue weighted by Gasteiger charge is 2.47. The van der Waals surface area contributed by atoms with Gasteiger partial charge in [-0.2, -0.15) is 4.98 Å². The third kappa shape index (κ3) is 3.17. The van der Waals surface area contributed by atoms with Crippen molar-refractivity contribution in [2.24, 2.45) is 0 Å². The lowest BCUT2D eigenvalue weighted by molar-refractivity contribution is -0.121. The summed E-state index contributed by atoms with van der Waals surface area (Å²) in [6.45, 7) is 3.52. The molecule has 1 atom stereocenters. The van der Waals surface area contributed by atoms with Crippen molar-refractivity contribution in [3.63, 3.8) is 0 Å². The molecule has 1 aromatic heterocycles. The Kier molecular flexibility index (Phi) is 4.73. The van der Waals surface area contributed by atoms with Crippen LogP contribution in [0.15, 0.2) is 36.4 Å². The molecule has 7 nitrogen and oxygen atoms in total. The number of nitrogens with zero attached hydrogens (tertiary/aromatic N) is 2. The number of nitrogens with one attached hydrogen (secondary N) is 1. The molecule has 0 radical (unpaired) electrons. The number of pyridine rings is 1. The first-order valence-electron chi connectivity index (χ1n) is 8.03. The van der Waals surface area contributed by atoms with Gasteiger partial charge in [-0.3, -0.25) is 4.79 Å². The van der Waals surface area contributed by atoms with Crippen LogP contribution >= 0.6 is 11.6 Å². The summed E-state index contributed by atoms with van der Waals surface area (Å²) in [7, 11) is 1.51. The predicted molar refractivity (Wildman–Crippen MR) is 97.0 cm³/mol. The van der Waals surface area contributed by atoms with E-state index in [1.54, 1.807) is 43.3 Å². The Balaban J connectivity index is 1.87. The zero-order valence-electron chi connectivity index (χ0n) is 14.6. The lowest BCUT2D eigenvalue weighted by Crippen LogP contribution is -2.43. The molecule has 2 heterocycles. The van der Waals surface area contributed by atoms with E-state index in [1.807, 2.05) is 6.92 Å². The van der Waals surface area contributed by atoms with E-state index >= 15 is 0 Å². The van der Waals surface area contributed by atoms with Crippen LogP contribution in [0.1, 0.15) is 20.3 Å². The third-order valence-corrected chi connectivity index (χ3v) is 4.56. The average Bonchev–Trinajstić information content (AvgIpc) is 2.86. The molecule has 3 amide bonds. The fourth-order valence-corrected chi connectivity index (χ4v) is 2.74. The molecule has 3 rings (SSSR count). The molecule has 0 unspecified atom stereocenters. The number of hydrogen-bond donors (Lipinski definition) is 1. The summed E-state index contributed by atoms with van der Waals surface area (Å²) < 4.78 is 10.9. The van der Waals surface area contributed by atoms with Crippen LogP contribution in [0.3, 0.4) is 0 Å². The number of benzene rings is 1. The van der Waals surface area contributed by atoms with Crippen LogP contribution in [0.25, 0.3) is 0 Å². The molecule has 8 heteroatoms. The number of amides is 3. The first kappa shape index (κ1) is 18.0. The molecule has 1 aliphatic rings. The number of ether oxygens (including phenoxy) is 2. The number of halogens is 1. The number of imide groups is 1. The van der Waals surface area contributed by atoms with Crippen LogP contribution in [-0.2, 0) is 4.79 Å². The topological polar surface area (TPSA) is 80.8 Å². The van der Waals surface area contributed by atoms with Gasteiger partial charge in [-0.1, -0.05) is 24.6 Å². The van der Waals surface area contributed by atoms with E-state index in [1.165, 1.54) is 7.11 Å². The number of methoxy groups -OCH3 is 1. The lowest BCUT2D eigenvalue weighted by atomic mass is 9.99. The van der Waals surface area contributed by atoms with Crippen LogP contribution in [0.2, 0.25) is 5.02 Å². The van der Waals surface area contributed by atoms with E-state index in [-0.39, 0.29) is 17.6 Å². The fraction of sp³-hybridized carbons (Fsp3) is 0.278. The molecule has 0 aliphatic carbocycles. The first-order chi connectivity index (χ1) is 12.4. The summed E-state index contributed by atoms with van der Waals surface area (Å²) in [6.07, 6.45) is 0.481. The summed E-state index contributed by atoms with van der Waals surface area (Å²) in [6, 6.07) is 9.30. The number of carbonyl (C=O) groups is 2. The van der Waals surface area contributed by atoms with Crippen molar-refractivity contribution >= 4 is 29.4 Å². The second kappa shape index (κ2) is 6.84. The van der Waals surface area contributed by atoms with E-state index < -0.39 is 11.6 Å². The van der Waals surface area contributed by atoms with Crippen molar-refractivity contribution in [3.05, 3.63) is 41.4 Å². The van der Waals surface area contributed by atoms with Crippen molar-refractivity contribution in [1.82, 2.24) is 10.3 Å². The van der Waals surface area contributed by atoms with E-state index in [2.05, 4.69) is 10.3 Å². The van der Waals surface area contributed by atoms with E-state index in [9.17, 15) is 9.59 Å². The molecule has 2 aromatic rings. The minimum absolute atomic E-state index is 0.197. The smallest absolute Gasteiger partial charge is 0.330 e. The molecule has 1 saturated heterocycles. The number of hydrogen-bond acceptors (Lipinski definition) is 5. The van der Waals surface area contributed by atoms with Crippen LogP contribution in [-0.4, -0.2) is 29.6 Å². The van der Waals surface area contributed by atoms with Crippen LogP contribution in [0, 0.1) is 0 Å². The highest BCUT2D eigenvalue weighted by molar-refractivity contribution is 6.32. The van der Waals surface area contributed by atoms with Gasteiger partial charge in [0.1, 0.15) is 22.9 Å². The van der Waals surface area contributed by atoms with E-state index in [4.69, 9.17) is 21.1 Å². The maximum absolute atomic E-state index is 12.6. The number of rotatable bonds is 5. The zero-order chi connectivity index (χ0) is 18.9. The highest BCUT2D eigenvalue weighted by atomic mass is 35.5. The van der Waals surface area contributed by atoms with Gasteiger partial charge in [0, 0.05) is 12.1 Å². The average molecular weight is 376 g/mol. The van der Waals surface area contributed by atoms with Gasteiger partial charge < -0.3 is 14.8 Å². The van der Waals surface area contributed by atoms with Gasteiger partial charge in [0.25, 0.3) is 5.91 Å². The fourth-order valence-electron chi connectivity index (χ4n) is 2.54. The van der Waals surface area contributed by atoms with Crippen molar-refractivity contribution in [1.29, 1.82) is 0 Å². The molecule has 0 saturated carbocycles. The van der Waals surface area contributed by atoms with Crippen molar-refractivity contribution in [3.8, 4) is 17.4 Å². The van der Waals surface area contributed by atoms with Gasteiger partial charge in [0.05, 0.1) is 12.1 Å². The molecule has 1 aromatic carbocycles. The highest BCUT2D eigenvalue weighted by Crippen LogP contribution is 2.32. The Morgan fingerprint density at radius 2 is 2.04 bits per heavy atom. The van der Waals surface area contributed by atoms with Gasteiger partial charge in [-0.25, -0.2) is 9.69 Å². The molecule has 0 spiro atoms. The minimum atomic E-state index is -0.931. The SMILES string of the molecule is CC[C@@]1(C)NC(=O)N(c2cccc(Oc3ccc(Cl)c(OC)c3)n2)C1=O. The predicted octanol–water partition coefficient (Wildman–Crippen LogP) is 3.76. The maximum atomic E-state index is 12.6. The van der Waals surface area contributed by atoms with Crippen LogP contribution in [0.4, 0.5) is 10.6 Å². The van der Waals surface area contributed by atoms with Crippen molar-refractivity contribution < 1.29 is 19.1 Å². The molecule has 136 valence electrons. The summed E-state index contributed by atoms with van der Waals surface area (Å²) in [5.74, 6) is 1.02. The standard InChI is InChI=1S/C18H18ClN3O4/c1-4-18(2)16(23)22(17(24)21-18)14-6-5-7-15(20-14)26-11-8-9-12(19)13(10-11)25-3/h5-10H,4H2,1-3H3,(H,21,24)/t18-/m1/s1. The summed E-state index contributed by atoms with van der Waals surface area (Å²) in [4.78, 5) is 30.1. The minimum Gasteiger partial charge on any atom is -0.495 e. The Morgan fingerprint density at radius 3 is 2.69 bits per heavy atom. The number of carbonyl (C=O) groups excluding carboxylic acids is 2. The summed E-state index contributed by atoms with van der Waals surface area (Å²) in [5.41, 5.74) is -0.931. The van der Waals surface area contributed by atoms with Gasteiger partial charge >= 0.3 is 6.03 Å². The van der Waals surface area contributed by atoms with Crippen LogP contribution in [0.5, 0.6) is 17.4 Å². The zero-order valence-corrected chi connectivity index (χ0v) is 15.3. The Hall–Kier alpha value is -2.80. The van der Waals surface area contributed by atoms with Gasteiger partial charge in [-0.05, 0) is 31.5 Å². The first-order valence-corrected chi connectivity index (χ1v) is 8.41. The Labute approximate surface area is 155 Å². The third-order valence-electron chi connectivity index (χ3n) is 4.25. The van der Waals surface area contributed by atoms with Gasteiger partial charge in [0.15, 0.2) is 0 Å². The van der Waals surface area contributed by atoms with E-state index in [0.717, 1.165) is 4.90 Å². The van der Waals surface area contributed by atoms with Crippen LogP contribution < -0.4 is 19.7 Å². The lowest BCUT2D eigenvalue weighted by Gasteiger charge is -2.19. The van der Waals surface area contributed by atoms with E-state index in [0.29, 0.717) is 22.9 Å². The maximum Gasteiger partial charge on any atom is 0.330 e. The molecule has 1 fully saturated rings. The van der Waals surface area contributed by atoms with Crippen molar-refractivity contribution in [2.45, 2.75) is 25.8 Å². The molecular formula is C18H18ClN3O4. The quantitative estimate of drug-likeness (QED) is 0.805. The summed E-state index contributed by atoms with van der Waals surface area (Å²) >= 11 is 6.00. The number of aromatic nitrogens is 1. The molecule has 26 heavy (non-hydrogen) atoms.